The van der Waals surface area contributed by atoms with Gasteiger partial charge in [0.15, 0.2) is 6.23 Å². The van der Waals surface area contributed by atoms with Crippen molar-refractivity contribution in [3.05, 3.63) is 22.7 Å². The van der Waals surface area contributed by atoms with Gasteiger partial charge < -0.3 is 35.2 Å². The summed E-state index contributed by atoms with van der Waals surface area (Å²) in [4.78, 5) is 24.8. The summed E-state index contributed by atoms with van der Waals surface area (Å²) in [5, 5.41) is 30.1. The molecule has 24 heavy (non-hydrogen) atoms. The van der Waals surface area contributed by atoms with Crippen LogP contribution < -0.4 is 11.4 Å². The number of aliphatic hydroxyl groups is 3. The number of anilines is 1. The lowest BCUT2D eigenvalue weighted by Crippen LogP contribution is -2.40. The first kappa shape index (κ1) is 19.0. The van der Waals surface area contributed by atoms with Crippen LogP contribution in [-0.4, -0.2) is 66.9 Å². The van der Waals surface area contributed by atoms with Crippen molar-refractivity contribution in [2.45, 2.75) is 37.6 Å². The summed E-state index contributed by atoms with van der Waals surface area (Å²) in [7, 11) is -4.08. The molecule has 11 nitrogen and oxygen atoms in total. The number of nitrogen functional groups attached to an aromatic ring is 1. The number of rotatable bonds is 6. The van der Waals surface area contributed by atoms with Gasteiger partial charge in [-0.15, -0.1) is 0 Å². The van der Waals surface area contributed by atoms with E-state index in [1.807, 2.05) is 0 Å². The Balaban J connectivity index is 2.17. The van der Waals surface area contributed by atoms with Gasteiger partial charge >= 0.3 is 13.3 Å². The lowest BCUT2D eigenvalue weighted by molar-refractivity contribution is -0.0803. The summed E-state index contributed by atoms with van der Waals surface area (Å²) in [6.45, 7) is 1.48. The molecule has 2 rings (SSSR count). The highest BCUT2D eigenvalue weighted by Crippen LogP contribution is 2.44. The van der Waals surface area contributed by atoms with Gasteiger partial charge in [-0.05, 0) is 13.0 Å². The molecule has 1 fully saturated rings. The lowest BCUT2D eigenvalue weighted by atomic mass is 10.1. The molecule has 0 saturated carbocycles. The third kappa shape index (κ3) is 4.01. The van der Waals surface area contributed by atoms with Crippen LogP contribution in [0.1, 0.15) is 13.2 Å². The first-order valence-electron chi connectivity index (χ1n) is 7.17. The predicted molar refractivity (Wildman–Crippen MR) is 81.2 cm³/mol. The Morgan fingerprint density at radius 3 is 2.75 bits per heavy atom. The second kappa shape index (κ2) is 7.28. The minimum absolute atomic E-state index is 0.0289. The molecule has 0 aromatic carbocycles. The monoisotopic (exact) mass is 365 g/mol. The minimum atomic E-state index is -4.08. The molecule has 0 spiro atoms. The maximum absolute atomic E-state index is 11.8. The summed E-state index contributed by atoms with van der Waals surface area (Å²) in [5.41, 5.74) is 4.56. The van der Waals surface area contributed by atoms with Crippen molar-refractivity contribution in [1.82, 2.24) is 9.55 Å². The first-order chi connectivity index (χ1) is 11.2. The predicted octanol–water partition coefficient (Wildman–Crippen LogP) is -1.97. The van der Waals surface area contributed by atoms with Crippen LogP contribution in [0.5, 0.6) is 0 Å². The largest absolute Gasteiger partial charge is 0.390 e. The fourth-order valence-corrected chi connectivity index (χ4v) is 3.64. The van der Waals surface area contributed by atoms with Crippen molar-refractivity contribution in [3.8, 4) is 0 Å². The van der Waals surface area contributed by atoms with E-state index < -0.39 is 50.1 Å². The molecule has 2 heterocycles. The molecule has 1 aromatic rings. The van der Waals surface area contributed by atoms with Gasteiger partial charge in [0, 0.05) is 6.20 Å². The van der Waals surface area contributed by atoms with E-state index in [2.05, 4.69) is 9.51 Å². The Labute approximate surface area is 136 Å². The summed E-state index contributed by atoms with van der Waals surface area (Å²) in [6.07, 6.45) is -6.94. The van der Waals surface area contributed by atoms with E-state index in [-0.39, 0.29) is 12.4 Å². The highest BCUT2D eigenvalue weighted by atomic mass is 31.2. The van der Waals surface area contributed by atoms with Gasteiger partial charge in [-0.1, -0.05) is 0 Å². The van der Waals surface area contributed by atoms with E-state index in [9.17, 15) is 29.6 Å². The van der Waals surface area contributed by atoms with Crippen LogP contribution in [0.15, 0.2) is 17.1 Å². The molecule has 136 valence electrons. The minimum Gasteiger partial charge on any atom is -0.390 e. The van der Waals surface area contributed by atoms with E-state index in [1.54, 1.807) is 0 Å². The average molecular weight is 365 g/mol. The SMILES string of the molecule is CCOP(=O)(O)C[C@@H](O)[C@H]1O[C@@H](n2ccc(N)nc2=O)[C@H](O)[C@@H]1O. The van der Waals surface area contributed by atoms with Gasteiger partial charge in [0.2, 0.25) is 0 Å². The maximum Gasteiger partial charge on any atom is 0.351 e. The van der Waals surface area contributed by atoms with Crippen molar-refractivity contribution in [3.63, 3.8) is 0 Å². The van der Waals surface area contributed by atoms with Crippen molar-refractivity contribution >= 4 is 13.4 Å². The quantitative estimate of drug-likeness (QED) is 0.355. The number of hydrogen-bond acceptors (Lipinski definition) is 9. The molecule has 6 N–H and O–H groups in total. The normalized spacial score (nSPS) is 30.9. The lowest BCUT2D eigenvalue weighted by Gasteiger charge is -2.22. The van der Waals surface area contributed by atoms with Gasteiger partial charge in [-0.2, -0.15) is 4.98 Å². The van der Waals surface area contributed by atoms with E-state index in [4.69, 9.17) is 10.5 Å². The molecule has 0 bridgehead atoms. The Morgan fingerprint density at radius 1 is 1.50 bits per heavy atom. The molecular formula is C12H20N3O8P. The Morgan fingerprint density at radius 2 is 2.17 bits per heavy atom. The zero-order chi connectivity index (χ0) is 18.1. The number of hydrogen-bond donors (Lipinski definition) is 5. The second-order valence-electron chi connectivity index (χ2n) is 5.32. The molecule has 0 radical (unpaired) electrons. The van der Waals surface area contributed by atoms with Crippen LogP contribution in [0.2, 0.25) is 0 Å². The van der Waals surface area contributed by atoms with E-state index in [1.165, 1.54) is 19.2 Å². The van der Waals surface area contributed by atoms with Crippen molar-refractivity contribution in [2.75, 3.05) is 18.5 Å². The number of ether oxygens (including phenoxy) is 1. The second-order valence-corrected chi connectivity index (χ2v) is 7.22. The molecule has 6 atom stereocenters. The molecule has 1 aliphatic heterocycles. The zero-order valence-electron chi connectivity index (χ0n) is 12.8. The zero-order valence-corrected chi connectivity index (χ0v) is 13.7. The molecule has 1 aliphatic rings. The first-order valence-corrected chi connectivity index (χ1v) is 8.93. The molecule has 1 unspecified atom stereocenters. The van der Waals surface area contributed by atoms with Crippen LogP contribution in [0.3, 0.4) is 0 Å². The molecule has 0 aliphatic carbocycles. The Kier molecular flexibility index (Phi) is 5.76. The van der Waals surface area contributed by atoms with Crippen molar-refractivity contribution < 1.29 is 34.0 Å². The Bertz CT molecular complexity index is 683. The molecule has 12 heteroatoms. The van der Waals surface area contributed by atoms with Gasteiger partial charge in [0.25, 0.3) is 0 Å². The van der Waals surface area contributed by atoms with Crippen LogP contribution >= 0.6 is 7.60 Å². The number of nitrogens with zero attached hydrogens (tertiary/aromatic N) is 2. The molecule has 1 saturated heterocycles. The van der Waals surface area contributed by atoms with E-state index in [0.29, 0.717) is 0 Å². The number of aromatic nitrogens is 2. The standard InChI is InChI=1S/C12H20N3O8P/c1-2-22-24(20,21)5-6(16)10-8(17)9(18)11(23-10)15-4-3-7(13)14-12(15)19/h3-4,6,8-11,16-18H,2,5H2,1H3,(H,20,21)(H2,13,14,19)/t6-,8+,9-,10-,11-/m1/s1. The third-order valence-corrected chi connectivity index (χ3v) is 5.03. The molecule has 0 amide bonds. The Hall–Kier alpha value is -1.33. The van der Waals surface area contributed by atoms with Crippen LogP contribution in [0.4, 0.5) is 5.82 Å². The van der Waals surface area contributed by atoms with Crippen molar-refractivity contribution in [1.29, 1.82) is 0 Å². The third-order valence-electron chi connectivity index (χ3n) is 3.53. The van der Waals surface area contributed by atoms with Crippen LogP contribution in [0.25, 0.3) is 0 Å². The fourth-order valence-electron chi connectivity index (χ4n) is 2.45. The summed E-state index contributed by atoms with van der Waals surface area (Å²) in [5.74, 6) is -0.0289. The van der Waals surface area contributed by atoms with E-state index >= 15 is 0 Å². The highest BCUT2D eigenvalue weighted by Gasteiger charge is 2.48. The molecular weight excluding hydrogens is 345 g/mol. The summed E-state index contributed by atoms with van der Waals surface area (Å²) < 4.78 is 22.6. The van der Waals surface area contributed by atoms with Gasteiger partial charge in [-0.3, -0.25) is 9.13 Å². The average Bonchev–Trinajstić information content (AvgIpc) is 2.75. The molecule has 1 aromatic heterocycles. The van der Waals surface area contributed by atoms with Gasteiger partial charge in [-0.25, -0.2) is 4.79 Å². The number of aliphatic hydroxyl groups excluding tert-OH is 3. The number of nitrogens with two attached hydrogens (primary N) is 1. The maximum atomic E-state index is 11.8. The van der Waals surface area contributed by atoms with E-state index in [0.717, 1.165) is 4.57 Å². The van der Waals surface area contributed by atoms with Crippen LogP contribution in [-0.2, 0) is 13.8 Å². The van der Waals surface area contributed by atoms with Gasteiger partial charge in [0.1, 0.15) is 24.1 Å². The smallest absolute Gasteiger partial charge is 0.351 e. The summed E-state index contributed by atoms with van der Waals surface area (Å²) in [6, 6.07) is 1.30. The summed E-state index contributed by atoms with van der Waals surface area (Å²) >= 11 is 0. The van der Waals surface area contributed by atoms with Crippen molar-refractivity contribution in [2.24, 2.45) is 0 Å². The van der Waals surface area contributed by atoms with Gasteiger partial charge in [0.05, 0.1) is 18.9 Å². The van der Waals surface area contributed by atoms with Crippen LogP contribution in [0, 0.1) is 0 Å². The topological polar surface area (TPSA) is 177 Å². The fraction of sp³-hybridized carbons (Fsp3) is 0.667. The highest BCUT2D eigenvalue weighted by molar-refractivity contribution is 7.52.